The molecule has 1 atom stereocenters. The monoisotopic (exact) mass is 431 g/mol. The molecular formula is C25H25N3O4. The van der Waals surface area contributed by atoms with Gasteiger partial charge in [-0.2, -0.15) is 0 Å². The highest BCUT2D eigenvalue weighted by atomic mass is 16.5. The van der Waals surface area contributed by atoms with Crippen molar-refractivity contribution in [2.24, 2.45) is 0 Å². The number of carbonyl (C=O) groups excluding carboxylic acids is 2. The molecule has 3 aromatic rings. The number of amides is 2. The van der Waals surface area contributed by atoms with Crippen molar-refractivity contribution in [2.75, 3.05) is 19.0 Å². The number of nitrogens with zero attached hydrogens (tertiary/aromatic N) is 2. The van der Waals surface area contributed by atoms with E-state index in [4.69, 9.17) is 9.47 Å². The molecule has 0 spiro atoms. The zero-order chi connectivity index (χ0) is 22.5. The molecule has 1 N–H and O–H groups in total. The van der Waals surface area contributed by atoms with Crippen LogP contribution in [0, 0.1) is 0 Å². The smallest absolute Gasteiger partial charge is 0.251 e. The molecule has 0 bridgehead atoms. The molecule has 2 aromatic carbocycles. The molecule has 164 valence electrons. The summed E-state index contributed by atoms with van der Waals surface area (Å²) in [4.78, 5) is 31.5. The normalized spacial score (nSPS) is 14.9. The lowest BCUT2D eigenvalue weighted by Crippen LogP contribution is -2.44. The van der Waals surface area contributed by atoms with Crippen molar-refractivity contribution < 1.29 is 19.1 Å². The van der Waals surface area contributed by atoms with Crippen LogP contribution in [0.3, 0.4) is 0 Å². The van der Waals surface area contributed by atoms with Crippen molar-refractivity contribution in [1.82, 2.24) is 9.88 Å². The predicted molar refractivity (Wildman–Crippen MR) is 120 cm³/mol. The maximum absolute atomic E-state index is 13.2. The van der Waals surface area contributed by atoms with Crippen molar-refractivity contribution in [1.29, 1.82) is 0 Å². The highest BCUT2D eigenvalue weighted by Crippen LogP contribution is 2.31. The summed E-state index contributed by atoms with van der Waals surface area (Å²) in [6, 6.07) is 19.9. The lowest BCUT2D eigenvalue weighted by molar-refractivity contribution is -0.137. The summed E-state index contributed by atoms with van der Waals surface area (Å²) in [5.41, 5.74) is 3.19. The first-order valence-corrected chi connectivity index (χ1v) is 10.4. The summed E-state index contributed by atoms with van der Waals surface area (Å²) in [5.74, 6) is 0.754. The molecule has 2 amide bonds. The number of hydrogen-bond acceptors (Lipinski definition) is 5. The summed E-state index contributed by atoms with van der Waals surface area (Å²) in [5, 5.41) is 2.92. The van der Waals surface area contributed by atoms with E-state index in [1.165, 1.54) is 6.92 Å². The van der Waals surface area contributed by atoms with E-state index in [0.29, 0.717) is 42.5 Å². The van der Waals surface area contributed by atoms with Crippen LogP contribution >= 0.6 is 0 Å². The number of benzene rings is 2. The fourth-order valence-corrected chi connectivity index (χ4v) is 3.79. The second-order valence-electron chi connectivity index (χ2n) is 7.54. The standard InChI is InChI=1S/C25H25N3O4/c1-17(29)28-15-14-22-21(12-13-23(27-22)31-2)24(28)25(30)26-19-8-10-20(11-9-19)32-16-18-6-4-3-5-7-18/h3-13,24H,14-16H2,1-2H3,(H,26,30). The zero-order valence-electron chi connectivity index (χ0n) is 18.1. The van der Waals surface area contributed by atoms with Crippen LogP contribution in [0.15, 0.2) is 66.7 Å². The van der Waals surface area contributed by atoms with E-state index in [2.05, 4.69) is 10.3 Å². The van der Waals surface area contributed by atoms with Crippen LogP contribution in [-0.4, -0.2) is 35.4 Å². The molecule has 1 aromatic heterocycles. The Hall–Kier alpha value is -3.87. The number of rotatable bonds is 6. The summed E-state index contributed by atoms with van der Waals surface area (Å²) in [6.45, 7) is 2.36. The van der Waals surface area contributed by atoms with E-state index in [0.717, 1.165) is 11.3 Å². The second kappa shape index (κ2) is 9.51. The van der Waals surface area contributed by atoms with Gasteiger partial charge in [-0.15, -0.1) is 0 Å². The third-order valence-electron chi connectivity index (χ3n) is 5.41. The number of hydrogen-bond donors (Lipinski definition) is 1. The van der Waals surface area contributed by atoms with Gasteiger partial charge in [-0.25, -0.2) is 4.98 Å². The summed E-state index contributed by atoms with van der Waals surface area (Å²) >= 11 is 0. The van der Waals surface area contributed by atoms with Crippen LogP contribution in [0.2, 0.25) is 0 Å². The van der Waals surface area contributed by atoms with Crippen LogP contribution in [0.25, 0.3) is 0 Å². The van der Waals surface area contributed by atoms with Gasteiger partial charge in [-0.3, -0.25) is 9.59 Å². The van der Waals surface area contributed by atoms with Gasteiger partial charge in [0.05, 0.1) is 12.8 Å². The van der Waals surface area contributed by atoms with Gasteiger partial charge < -0.3 is 19.7 Å². The summed E-state index contributed by atoms with van der Waals surface area (Å²) in [7, 11) is 1.55. The van der Waals surface area contributed by atoms with Gasteiger partial charge in [0, 0.05) is 37.2 Å². The van der Waals surface area contributed by atoms with Crippen molar-refractivity contribution in [2.45, 2.75) is 26.0 Å². The number of aromatic nitrogens is 1. The van der Waals surface area contributed by atoms with Gasteiger partial charge in [-0.05, 0) is 35.9 Å². The number of methoxy groups -OCH3 is 1. The van der Waals surface area contributed by atoms with E-state index >= 15 is 0 Å². The molecule has 1 unspecified atom stereocenters. The summed E-state index contributed by atoms with van der Waals surface area (Å²) < 4.78 is 11.0. The van der Waals surface area contributed by atoms with Gasteiger partial charge in [0.25, 0.3) is 5.91 Å². The summed E-state index contributed by atoms with van der Waals surface area (Å²) in [6.07, 6.45) is 0.573. The van der Waals surface area contributed by atoms with E-state index in [-0.39, 0.29) is 11.8 Å². The minimum atomic E-state index is -0.747. The van der Waals surface area contributed by atoms with Crippen LogP contribution < -0.4 is 14.8 Å². The maximum Gasteiger partial charge on any atom is 0.251 e. The van der Waals surface area contributed by atoms with Crippen molar-refractivity contribution in [3.63, 3.8) is 0 Å². The Balaban J connectivity index is 1.48. The number of fused-ring (bicyclic) bond motifs is 1. The van der Waals surface area contributed by atoms with Crippen LogP contribution in [0.5, 0.6) is 11.6 Å². The highest BCUT2D eigenvalue weighted by molar-refractivity contribution is 5.98. The largest absolute Gasteiger partial charge is 0.489 e. The van der Waals surface area contributed by atoms with E-state index in [1.54, 1.807) is 36.3 Å². The van der Waals surface area contributed by atoms with Crippen molar-refractivity contribution >= 4 is 17.5 Å². The average molecular weight is 431 g/mol. The predicted octanol–water partition coefficient (Wildman–Crippen LogP) is 3.75. The van der Waals surface area contributed by atoms with Gasteiger partial charge in [0.1, 0.15) is 18.4 Å². The Morgan fingerprint density at radius 1 is 1.06 bits per heavy atom. The highest BCUT2D eigenvalue weighted by Gasteiger charge is 2.35. The lowest BCUT2D eigenvalue weighted by Gasteiger charge is -2.35. The first kappa shape index (κ1) is 21.4. The molecule has 1 aliphatic heterocycles. The molecule has 0 saturated heterocycles. The molecule has 2 heterocycles. The molecule has 7 heteroatoms. The zero-order valence-corrected chi connectivity index (χ0v) is 18.1. The molecular weight excluding hydrogens is 406 g/mol. The minimum Gasteiger partial charge on any atom is -0.489 e. The van der Waals surface area contributed by atoms with Gasteiger partial charge >= 0.3 is 0 Å². The Bertz CT molecular complexity index is 1100. The Labute approximate surface area is 187 Å². The first-order valence-electron chi connectivity index (χ1n) is 10.4. The number of pyridine rings is 1. The molecule has 32 heavy (non-hydrogen) atoms. The molecule has 0 radical (unpaired) electrons. The SMILES string of the molecule is COc1ccc2c(n1)CCN(C(C)=O)C2C(=O)Nc1ccc(OCc2ccccc2)cc1. The van der Waals surface area contributed by atoms with Crippen molar-refractivity contribution in [3.05, 3.63) is 83.6 Å². The lowest BCUT2D eigenvalue weighted by atomic mass is 9.95. The Morgan fingerprint density at radius 2 is 1.81 bits per heavy atom. The van der Waals surface area contributed by atoms with E-state index in [9.17, 15) is 9.59 Å². The first-order chi connectivity index (χ1) is 15.5. The molecule has 1 aliphatic rings. The fraction of sp³-hybridized carbons (Fsp3) is 0.240. The van der Waals surface area contributed by atoms with Gasteiger partial charge in [0.15, 0.2) is 0 Å². The second-order valence-corrected chi connectivity index (χ2v) is 7.54. The van der Waals surface area contributed by atoms with Gasteiger partial charge in [0.2, 0.25) is 11.8 Å². The van der Waals surface area contributed by atoms with Gasteiger partial charge in [-0.1, -0.05) is 30.3 Å². The Morgan fingerprint density at radius 3 is 2.50 bits per heavy atom. The quantitative estimate of drug-likeness (QED) is 0.643. The van der Waals surface area contributed by atoms with E-state index < -0.39 is 6.04 Å². The number of ether oxygens (including phenoxy) is 2. The maximum atomic E-state index is 13.2. The number of anilines is 1. The van der Waals surface area contributed by atoms with E-state index in [1.807, 2.05) is 42.5 Å². The molecule has 0 saturated carbocycles. The average Bonchev–Trinajstić information content (AvgIpc) is 2.83. The molecule has 4 rings (SSSR count). The topological polar surface area (TPSA) is 80.8 Å². The Kier molecular flexibility index (Phi) is 6.35. The molecule has 7 nitrogen and oxygen atoms in total. The van der Waals surface area contributed by atoms with Crippen LogP contribution in [0.1, 0.15) is 29.8 Å². The minimum absolute atomic E-state index is 0.156. The molecule has 0 fully saturated rings. The number of carbonyl (C=O) groups is 2. The third-order valence-corrected chi connectivity index (χ3v) is 5.41. The fourth-order valence-electron chi connectivity index (χ4n) is 3.79. The van der Waals surface area contributed by atoms with Crippen LogP contribution in [-0.2, 0) is 22.6 Å². The van der Waals surface area contributed by atoms with Crippen LogP contribution in [0.4, 0.5) is 5.69 Å². The molecule has 0 aliphatic carbocycles. The third kappa shape index (κ3) is 4.72. The van der Waals surface area contributed by atoms with Crippen molar-refractivity contribution in [3.8, 4) is 11.6 Å². The number of nitrogens with one attached hydrogen (secondary N) is 1.